The summed E-state index contributed by atoms with van der Waals surface area (Å²) in [6.45, 7) is 0. The van der Waals surface area contributed by atoms with Gasteiger partial charge in [0.15, 0.2) is 0 Å². The molecule has 0 bridgehead atoms. The smallest absolute Gasteiger partial charge is 0.416 e. The van der Waals surface area contributed by atoms with Crippen LogP contribution >= 0.6 is 0 Å². The molecule has 0 saturated carbocycles. The van der Waals surface area contributed by atoms with Gasteiger partial charge >= 0.3 is 6.18 Å². The summed E-state index contributed by atoms with van der Waals surface area (Å²) >= 11 is 0. The van der Waals surface area contributed by atoms with E-state index in [-0.39, 0.29) is 23.3 Å². The van der Waals surface area contributed by atoms with E-state index in [2.05, 4.69) is 0 Å². The van der Waals surface area contributed by atoms with Crippen LogP contribution in [0.2, 0.25) is 0 Å². The van der Waals surface area contributed by atoms with E-state index in [1.165, 1.54) is 18.2 Å². The standard InChI is InChI=1S/C13H11F3O/c14-13(15,16)11-7-4-6-10-9(11)5-2-1-3-8-12(10)17/h1,3-4,6-8,17H,2,5H2/b3-1+,12-8+. The van der Waals surface area contributed by atoms with Gasteiger partial charge in [-0.05, 0) is 30.5 Å². The van der Waals surface area contributed by atoms with E-state index in [0.29, 0.717) is 6.42 Å². The molecule has 0 heterocycles. The SMILES string of the molecule is O/C1=C/C=C/CCc2c1cccc2C(F)(F)F. The van der Waals surface area contributed by atoms with Crippen molar-refractivity contribution in [3.63, 3.8) is 0 Å². The minimum atomic E-state index is -4.38. The lowest BCUT2D eigenvalue weighted by Crippen LogP contribution is -2.11. The molecule has 0 saturated heterocycles. The third-order valence-corrected chi connectivity index (χ3v) is 2.71. The first kappa shape index (κ1) is 11.8. The maximum absolute atomic E-state index is 12.8. The maximum Gasteiger partial charge on any atom is 0.416 e. The van der Waals surface area contributed by atoms with Crippen molar-refractivity contribution < 1.29 is 18.3 Å². The van der Waals surface area contributed by atoms with E-state index in [4.69, 9.17) is 0 Å². The molecular formula is C13H11F3O. The Morgan fingerprint density at radius 2 is 1.94 bits per heavy atom. The Balaban J connectivity index is 2.62. The van der Waals surface area contributed by atoms with E-state index in [1.54, 1.807) is 12.2 Å². The van der Waals surface area contributed by atoms with Crippen LogP contribution in [-0.2, 0) is 12.6 Å². The average molecular weight is 240 g/mol. The van der Waals surface area contributed by atoms with E-state index < -0.39 is 11.7 Å². The van der Waals surface area contributed by atoms with Crippen LogP contribution in [0, 0.1) is 0 Å². The fourth-order valence-corrected chi connectivity index (χ4v) is 1.93. The molecule has 1 aliphatic rings. The number of fused-ring (bicyclic) bond motifs is 1. The number of rotatable bonds is 0. The zero-order valence-corrected chi connectivity index (χ0v) is 8.96. The van der Waals surface area contributed by atoms with Gasteiger partial charge in [-0.15, -0.1) is 0 Å². The molecule has 90 valence electrons. The van der Waals surface area contributed by atoms with Crippen molar-refractivity contribution in [2.24, 2.45) is 0 Å². The number of aliphatic hydroxyl groups is 1. The molecule has 1 aromatic rings. The number of allylic oxidation sites excluding steroid dienone is 3. The van der Waals surface area contributed by atoms with E-state index >= 15 is 0 Å². The Labute approximate surface area is 96.9 Å². The van der Waals surface area contributed by atoms with Crippen LogP contribution in [0.15, 0.2) is 36.4 Å². The number of hydrogen-bond donors (Lipinski definition) is 1. The summed E-state index contributed by atoms with van der Waals surface area (Å²) in [4.78, 5) is 0. The lowest BCUT2D eigenvalue weighted by Gasteiger charge is -2.17. The molecule has 1 nitrogen and oxygen atoms in total. The van der Waals surface area contributed by atoms with Crippen molar-refractivity contribution in [1.82, 2.24) is 0 Å². The highest BCUT2D eigenvalue weighted by molar-refractivity contribution is 5.65. The third kappa shape index (κ3) is 2.35. The molecule has 17 heavy (non-hydrogen) atoms. The molecule has 1 aromatic carbocycles. The highest BCUT2D eigenvalue weighted by atomic mass is 19.4. The molecule has 0 aromatic heterocycles. The van der Waals surface area contributed by atoms with Gasteiger partial charge in [-0.2, -0.15) is 13.2 Å². The molecular weight excluding hydrogens is 229 g/mol. The van der Waals surface area contributed by atoms with E-state index in [1.807, 2.05) is 0 Å². The largest absolute Gasteiger partial charge is 0.507 e. The Hall–Kier alpha value is -1.71. The summed E-state index contributed by atoms with van der Waals surface area (Å²) in [5.74, 6) is -0.123. The van der Waals surface area contributed by atoms with Gasteiger partial charge < -0.3 is 5.11 Å². The first-order chi connectivity index (χ1) is 8.00. The van der Waals surface area contributed by atoms with Crippen LogP contribution < -0.4 is 0 Å². The van der Waals surface area contributed by atoms with Crippen molar-refractivity contribution in [2.45, 2.75) is 19.0 Å². The van der Waals surface area contributed by atoms with Crippen LogP contribution in [0.3, 0.4) is 0 Å². The lowest BCUT2D eigenvalue weighted by atomic mass is 9.94. The normalized spacial score (nSPS) is 20.8. The van der Waals surface area contributed by atoms with Crippen molar-refractivity contribution in [3.05, 3.63) is 53.1 Å². The number of benzene rings is 1. The van der Waals surface area contributed by atoms with Gasteiger partial charge in [0.2, 0.25) is 0 Å². The molecule has 0 radical (unpaired) electrons. The van der Waals surface area contributed by atoms with Crippen molar-refractivity contribution in [2.75, 3.05) is 0 Å². The number of alkyl halides is 3. The van der Waals surface area contributed by atoms with E-state index in [9.17, 15) is 18.3 Å². The number of halogens is 3. The highest BCUT2D eigenvalue weighted by Gasteiger charge is 2.34. The second kappa shape index (κ2) is 4.28. The first-order valence-electron chi connectivity index (χ1n) is 5.25. The summed E-state index contributed by atoms with van der Waals surface area (Å²) in [5, 5.41) is 9.70. The van der Waals surface area contributed by atoms with Crippen molar-refractivity contribution in [3.8, 4) is 0 Å². The monoisotopic (exact) mass is 240 g/mol. The van der Waals surface area contributed by atoms with Crippen LogP contribution in [0.5, 0.6) is 0 Å². The van der Waals surface area contributed by atoms with Gasteiger partial charge in [0.25, 0.3) is 0 Å². The second-order valence-corrected chi connectivity index (χ2v) is 3.85. The summed E-state index contributed by atoms with van der Waals surface area (Å²) < 4.78 is 38.5. The second-order valence-electron chi connectivity index (χ2n) is 3.85. The Kier molecular flexibility index (Phi) is 2.96. The Bertz CT molecular complexity index is 484. The summed E-state index contributed by atoms with van der Waals surface area (Å²) in [6, 6.07) is 3.88. The molecule has 1 N–H and O–H groups in total. The Morgan fingerprint density at radius 1 is 1.18 bits per heavy atom. The number of aliphatic hydroxyl groups excluding tert-OH is 1. The van der Waals surface area contributed by atoms with Gasteiger partial charge in [-0.25, -0.2) is 0 Å². The third-order valence-electron chi connectivity index (χ3n) is 2.71. The van der Waals surface area contributed by atoms with Gasteiger partial charge in [0.1, 0.15) is 5.76 Å². The van der Waals surface area contributed by atoms with Crippen molar-refractivity contribution >= 4 is 5.76 Å². The summed E-state index contributed by atoms with van der Waals surface area (Å²) in [5.41, 5.74) is -0.229. The fraction of sp³-hybridized carbons (Fsp3) is 0.231. The van der Waals surface area contributed by atoms with Gasteiger partial charge in [0, 0.05) is 5.56 Å². The van der Waals surface area contributed by atoms with E-state index in [0.717, 1.165) is 6.07 Å². The maximum atomic E-state index is 12.8. The molecule has 4 heteroatoms. The van der Waals surface area contributed by atoms with Crippen LogP contribution in [0.25, 0.3) is 5.76 Å². The lowest BCUT2D eigenvalue weighted by molar-refractivity contribution is -0.138. The number of hydrogen-bond acceptors (Lipinski definition) is 1. The molecule has 1 aliphatic carbocycles. The molecule has 0 spiro atoms. The predicted molar refractivity (Wildman–Crippen MR) is 59.5 cm³/mol. The molecule has 0 atom stereocenters. The van der Waals surface area contributed by atoms with Crippen LogP contribution in [0.1, 0.15) is 23.1 Å². The van der Waals surface area contributed by atoms with Crippen molar-refractivity contribution in [1.29, 1.82) is 0 Å². The molecule has 0 fully saturated rings. The molecule has 2 rings (SSSR count). The Morgan fingerprint density at radius 3 is 2.65 bits per heavy atom. The fourth-order valence-electron chi connectivity index (χ4n) is 1.93. The topological polar surface area (TPSA) is 20.2 Å². The van der Waals surface area contributed by atoms with Gasteiger partial charge in [-0.1, -0.05) is 24.3 Å². The minimum absolute atomic E-state index is 0.123. The zero-order valence-electron chi connectivity index (χ0n) is 8.96. The highest BCUT2D eigenvalue weighted by Crippen LogP contribution is 2.36. The summed E-state index contributed by atoms with van der Waals surface area (Å²) in [6.07, 6.45) is 1.24. The molecule has 0 amide bonds. The van der Waals surface area contributed by atoms with Gasteiger partial charge in [0.05, 0.1) is 5.56 Å². The van der Waals surface area contributed by atoms with Gasteiger partial charge in [-0.3, -0.25) is 0 Å². The van der Waals surface area contributed by atoms with Crippen LogP contribution in [0.4, 0.5) is 13.2 Å². The minimum Gasteiger partial charge on any atom is -0.507 e. The first-order valence-corrected chi connectivity index (χ1v) is 5.25. The molecule has 0 unspecified atom stereocenters. The quantitative estimate of drug-likeness (QED) is 0.723. The van der Waals surface area contributed by atoms with Crippen LogP contribution in [-0.4, -0.2) is 5.11 Å². The summed E-state index contributed by atoms with van der Waals surface area (Å²) in [7, 11) is 0. The zero-order chi connectivity index (χ0) is 12.5. The molecule has 0 aliphatic heterocycles. The predicted octanol–water partition coefficient (Wildman–Crippen LogP) is 4.11. The average Bonchev–Trinajstić information content (AvgIpc) is 2.24.